The van der Waals surface area contributed by atoms with Crippen LogP contribution in [0.25, 0.3) is 0 Å². The second-order valence-corrected chi connectivity index (χ2v) is 8.19. The fourth-order valence-electron chi connectivity index (χ4n) is 3.72. The van der Waals surface area contributed by atoms with Gasteiger partial charge >= 0.3 is 0 Å². The Morgan fingerprint density at radius 1 is 1.15 bits per heavy atom. The van der Waals surface area contributed by atoms with E-state index in [0.29, 0.717) is 6.61 Å². The van der Waals surface area contributed by atoms with Crippen molar-refractivity contribution in [2.75, 3.05) is 21.1 Å². The van der Waals surface area contributed by atoms with Crippen LogP contribution in [0.15, 0.2) is 41.4 Å². The summed E-state index contributed by atoms with van der Waals surface area (Å²) >= 11 is 0. The van der Waals surface area contributed by atoms with E-state index in [1.54, 1.807) is 0 Å². The van der Waals surface area contributed by atoms with Gasteiger partial charge in [-0.05, 0) is 48.6 Å². The number of amidine groups is 1. The number of benzene rings is 1. The molecule has 1 aromatic heterocycles. The fourth-order valence-corrected chi connectivity index (χ4v) is 3.72. The second-order valence-electron chi connectivity index (χ2n) is 8.19. The van der Waals surface area contributed by atoms with E-state index in [1.807, 2.05) is 38.2 Å². The molecule has 0 N–H and O–H groups in total. The standard InChI is InChI=1S/C23H31N3O/c1-23(2)14-6-7-18-10-11-19(25-22(18)23)16-27-20-12-8-17(9-13-20)15-21(24-3)26(4)5/h8-13H,6-7,14-16H2,1-5H3. The lowest BCUT2D eigenvalue weighted by atomic mass is 9.76. The predicted octanol–water partition coefficient (Wildman–Crippen LogP) is 4.41. The Hall–Kier alpha value is -2.36. The van der Waals surface area contributed by atoms with Gasteiger partial charge in [0.1, 0.15) is 18.2 Å². The Morgan fingerprint density at radius 2 is 1.89 bits per heavy atom. The highest BCUT2D eigenvalue weighted by Crippen LogP contribution is 2.35. The molecule has 0 unspecified atom stereocenters. The van der Waals surface area contributed by atoms with Gasteiger partial charge in [-0.3, -0.25) is 9.98 Å². The third-order valence-electron chi connectivity index (χ3n) is 5.37. The molecule has 2 aromatic rings. The van der Waals surface area contributed by atoms with E-state index in [2.05, 4.69) is 43.1 Å². The van der Waals surface area contributed by atoms with Gasteiger partial charge in [-0.2, -0.15) is 0 Å². The number of pyridine rings is 1. The molecule has 1 aliphatic carbocycles. The van der Waals surface area contributed by atoms with E-state index < -0.39 is 0 Å². The average Bonchev–Trinajstić information content (AvgIpc) is 2.65. The van der Waals surface area contributed by atoms with Crippen LogP contribution in [0.5, 0.6) is 5.75 Å². The van der Waals surface area contributed by atoms with Gasteiger partial charge in [-0.25, -0.2) is 0 Å². The van der Waals surface area contributed by atoms with Crippen LogP contribution >= 0.6 is 0 Å². The minimum Gasteiger partial charge on any atom is -0.487 e. The van der Waals surface area contributed by atoms with Crippen molar-refractivity contribution >= 4 is 5.84 Å². The van der Waals surface area contributed by atoms with Gasteiger partial charge in [-0.15, -0.1) is 0 Å². The van der Waals surface area contributed by atoms with Gasteiger partial charge < -0.3 is 9.64 Å². The number of aromatic nitrogens is 1. The maximum Gasteiger partial charge on any atom is 0.130 e. The molecule has 4 nitrogen and oxygen atoms in total. The van der Waals surface area contributed by atoms with Gasteiger partial charge in [-0.1, -0.05) is 32.0 Å². The molecule has 144 valence electrons. The summed E-state index contributed by atoms with van der Waals surface area (Å²) in [5.41, 5.74) is 5.04. The lowest BCUT2D eigenvalue weighted by Crippen LogP contribution is -2.26. The molecule has 0 bridgehead atoms. The lowest BCUT2D eigenvalue weighted by Gasteiger charge is -2.31. The highest BCUT2D eigenvalue weighted by Gasteiger charge is 2.28. The molecule has 1 heterocycles. The van der Waals surface area contributed by atoms with E-state index in [1.165, 1.54) is 29.7 Å². The highest BCUT2D eigenvalue weighted by atomic mass is 16.5. The van der Waals surface area contributed by atoms with Crippen molar-refractivity contribution in [2.24, 2.45) is 4.99 Å². The van der Waals surface area contributed by atoms with Crippen molar-refractivity contribution in [1.29, 1.82) is 0 Å². The number of fused-ring (bicyclic) bond motifs is 1. The van der Waals surface area contributed by atoms with Crippen molar-refractivity contribution < 1.29 is 4.74 Å². The van der Waals surface area contributed by atoms with Crippen molar-refractivity contribution in [3.8, 4) is 5.75 Å². The number of hydrogen-bond acceptors (Lipinski definition) is 3. The van der Waals surface area contributed by atoms with Crippen LogP contribution in [0.4, 0.5) is 0 Å². The topological polar surface area (TPSA) is 37.7 Å². The number of hydrogen-bond donors (Lipinski definition) is 0. The van der Waals surface area contributed by atoms with Crippen molar-refractivity contribution in [3.63, 3.8) is 0 Å². The zero-order chi connectivity index (χ0) is 19.4. The first-order valence-corrected chi connectivity index (χ1v) is 9.73. The summed E-state index contributed by atoms with van der Waals surface area (Å²) in [5, 5.41) is 0. The quantitative estimate of drug-likeness (QED) is 0.582. The molecule has 0 amide bonds. The first kappa shape index (κ1) is 19.4. The zero-order valence-electron chi connectivity index (χ0n) is 17.2. The van der Waals surface area contributed by atoms with Crippen molar-refractivity contribution in [2.45, 2.75) is 51.6 Å². The lowest BCUT2D eigenvalue weighted by molar-refractivity contribution is 0.299. The molecule has 0 spiro atoms. The summed E-state index contributed by atoms with van der Waals surface area (Å²) in [6, 6.07) is 12.6. The predicted molar refractivity (Wildman–Crippen MR) is 112 cm³/mol. The third kappa shape index (κ3) is 4.68. The SMILES string of the molecule is CN=C(Cc1ccc(OCc2ccc3c(n2)C(C)(C)CCC3)cc1)N(C)C. The van der Waals surface area contributed by atoms with Crippen molar-refractivity contribution in [3.05, 3.63) is 58.9 Å². The molecule has 4 heteroatoms. The zero-order valence-corrected chi connectivity index (χ0v) is 17.2. The Morgan fingerprint density at radius 3 is 2.56 bits per heavy atom. The van der Waals surface area contributed by atoms with Gasteiger partial charge in [0.15, 0.2) is 0 Å². The van der Waals surface area contributed by atoms with Crippen molar-refractivity contribution in [1.82, 2.24) is 9.88 Å². The van der Waals surface area contributed by atoms with Crippen LogP contribution in [-0.4, -0.2) is 36.9 Å². The van der Waals surface area contributed by atoms with Crippen LogP contribution in [-0.2, 0) is 24.9 Å². The molecule has 0 radical (unpaired) electrons. The summed E-state index contributed by atoms with van der Waals surface area (Å²) in [6.45, 7) is 5.09. The van der Waals surface area contributed by atoms with Gasteiger partial charge in [0, 0.05) is 38.7 Å². The fraction of sp³-hybridized carbons (Fsp3) is 0.478. The number of rotatable bonds is 5. The maximum absolute atomic E-state index is 5.98. The number of likely N-dealkylation sites (N-methyl/N-ethyl adjacent to an activating group) is 1. The van der Waals surface area contributed by atoms with E-state index in [0.717, 1.165) is 30.1 Å². The summed E-state index contributed by atoms with van der Waals surface area (Å²) in [6.07, 6.45) is 4.42. The van der Waals surface area contributed by atoms with E-state index in [9.17, 15) is 0 Å². The van der Waals surface area contributed by atoms with E-state index in [-0.39, 0.29) is 5.41 Å². The number of aryl methyl sites for hydroxylation is 1. The van der Waals surface area contributed by atoms with Crippen LogP contribution in [0, 0.1) is 0 Å². The first-order chi connectivity index (χ1) is 12.9. The van der Waals surface area contributed by atoms with E-state index in [4.69, 9.17) is 9.72 Å². The molecule has 0 atom stereocenters. The minimum absolute atomic E-state index is 0.163. The van der Waals surface area contributed by atoms with Crippen LogP contribution in [0.3, 0.4) is 0 Å². The van der Waals surface area contributed by atoms with Crippen LogP contribution in [0.2, 0.25) is 0 Å². The van der Waals surface area contributed by atoms with Gasteiger partial charge in [0.2, 0.25) is 0 Å². The minimum atomic E-state index is 0.163. The Bertz CT molecular complexity index is 807. The average molecular weight is 366 g/mol. The molecule has 1 aliphatic rings. The monoisotopic (exact) mass is 365 g/mol. The Labute approximate surface area is 163 Å². The molecule has 1 aromatic carbocycles. The van der Waals surface area contributed by atoms with Crippen LogP contribution in [0.1, 0.15) is 49.2 Å². The molecule has 0 saturated heterocycles. The number of nitrogens with zero attached hydrogens (tertiary/aromatic N) is 3. The third-order valence-corrected chi connectivity index (χ3v) is 5.37. The summed E-state index contributed by atoms with van der Waals surface area (Å²) in [4.78, 5) is 11.3. The maximum atomic E-state index is 5.98. The highest BCUT2D eigenvalue weighted by molar-refractivity contribution is 5.83. The summed E-state index contributed by atoms with van der Waals surface area (Å²) < 4.78 is 5.98. The van der Waals surface area contributed by atoms with Gasteiger partial charge in [0.05, 0.1) is 5.69 Å². The molecular weight excluding hydrogens is 334 g/mol. The Balaban J connectivity index is 1.64. The van der Waals surface area contributed by atoms with E-state index >= 15 is 0 Å². The number of ether oxygens (including phenoxy) is 1. The molecule has 3 rings (SSSR count). The summed E-state index contributed by atoms with van der Waals surface area (Å²) in [7, 11) is 5.87. The molecule has 0 saturated carbocycles. The molecular formula is C23H31N3O. The smallest absolute Gasteiger partial charge is 0.130 e. The summed E-state index contributed by atoms with van der Waals surface area (Å²) in [5.74, 6) is 1.93. The number of aliphatic imine (C=N–C) groups is 1. The molecule has 0 aliphatic heterocycles. The Kier molecular flexibility index (Phi) is 5.83. The molecule has 0 fully saturated rings. The van der Waals surface area contributed by atoms with Crippen LogP contribution < -0.4 is 4.74 Å². The second kappa shape index (κ2) is 8.12. The van der Waals surface area contributed by atoms with Gasteiger partial charge in [0.25, 0.3) is 0 Å². The largest absolute Gasteiger partial charge is 0.487 e. The normalized spacial score (nSPS) is 16.0. The first-order valence-electron chi connectivity index (χ1n) is 9.73. The molecule has 27 heavy (non-hydrogen) atoms.